The maximum absolute atomic E-state index is 6.75. The Hall–Kier alpha value is -1.35. The normalized spacial score (nSPS) is 26.9. The van der Waals surface area contributed by atoms with Gasteiger partial charge < -0.3 is 10.3 Å². The van der Waals surface area contributed by atoms with Crippen LogP contribution in [0.5, 0.6) is 0 Å². The highest BCUT2D eigenvalue weighted by molar-refractivity contribution is 5.75. The molecule has 2 atom stereocenters. The average Bonchev–Trinajstić information content (AvgIpc) is 2.72. The van der Waals surface area contributed by atoms with Crippen LogP contribution in [0.25, 0.3) is 11.0 Å². The van der Waals surface area contributed by atoms with E-state index >= 15 is 0 Å². The van der Waals surface area contributed by atoms with Gasteiger partial charge in [0.15, 0.2) is 0 Å². The van der Waals surface area contributed by atoms with Gasteiger partial charge in [0.2, 0.25) is 0 Å². The summed E-state index contributed by atoms with van der Waals surface area (Å²) in [6, 6.07) is 8.41. The number of fused-ring (bicyclic) bond motifs is 1. The highest BCUT2D eigenvalue weighted by atomic mass is 15.1. The second-order valence-electron chi connectivity index (χ2n) is 6.84. The number of aromatic nitrogens is 2. The highest BCUT2D eigenvalue weighted by Crippen LogP contribution is 2.31. The van der Waals surface area contributed by atoms with Gasteiger partial charge in [-0.2, -0.15) is 0 Å². The largest absolute Gasteiger partial charge is 0.328 e. The second-order valence-corrected chi connectivity index (χ2v) is 6.84. The van der Waals surface area contributed by atoms with E-state index in [9.17, 15) is 0 Å². The fraction of sp³-hybridized carbons (Fsp3) is 0.611. The van der Waals surface area contributed by atoms with Crippen molar-refractivity contribution in [1.29, 1.82) is 0 Å². The fourth-order valence-corrected chi connectivity index (χ4v) is 3.71. The van der Waals surface area contributed by atoms with Crippen LogP contribution >= 0.6 is 0 Å². The zero-order valence-electron chi connectivity index (χ0n) is 13.3. The van der Waals surface area contributed by atoms with Crippen LogP contribution in [-0.4, -0.2) is 15.1 Å². The molecule has 21 heavy (non-hydrogen) atoms. The van der Waals surface area contributed by atoms with E-state index in [0.29, 0.717) is 0 Å². The molecule has 114 valence electrons. The number of benzene rings is 1. The monoisotopic (exact) mass is 285 g/mol. The van der Waals surface area contributed by atoms with Crippen molar-refractivity contribution < 1.29 is 0 Å². The lowest BCUT2D eigenvalue weighted by molar-refractivity contribution is 0.352. The number of hydrogen-bond acceptors (Lipinski definition) is 2. The van der Waals surface area contributed by atoms with Crippen LogP contribution in [0.2, 0.25) is 0 Å². The molecule has 0 bridgehead atoms. The first-order chi connectivity index (χ1) is 10.1. The molecule has 3 rings (SSSR count). The summed E-state index contributed by atoms with van der Waals surface area (Å²) in [5, 5.41) is 0. The van der Waals surface area contributed by atoms with Gasteiger partial charge in [0.25, 0.3) is 0 Å². The maximum Gasteiger partial charge on any atom is 0.111 e. The molecule has 0 amide bonds. The Bertz CT molecular complexity index is 616. The maximum atomic E-state index is 6.75. The predicted octanol–water partition coefficient (Wildman–Crippen LogP) is 3.90. The number of nitrogens with zero attached hydrogens (tertiary/aromatic N) is 2. The third-order valence-electron chi connectivity index (χ3n) is 5.07. The number of nitrogens with two attached hydrogens (primary N) is 1. The SMILES string of the molecule is CCn1c(CC2(N)CCCC(C)CC2)nc2ccccc21. The minimum absolute atomic E-state index is 0.0704. The summed E-state index contributed by atoms with van der Waals surface area (Å²) >= 11 is 0. The summed E-state index contributed by atoms with van der Waals surface area (Å²) in [7, 11) is 0. The third kappa shape index (κ3) is 2.98. The van der Waals surface area contributed by atoms with E-state index in [-0.39, 0.29) is 5.54 Å². The molecule has 1 saturated carbocycles. The van der Waals surface area contributed by atoms with Crippen molar-refractivity contribution in [2.75, 3.05) is 0 Å². The molecule has 2 N–H and O–H groups in total. The van der Waals surface area contributed by atoms with Gasteiger partial charge in [-0.05, 0) is 44.2 Å². The minimum Gasteiger partial charge on any atom is -0.328 e. The number of rotatable bonds is 3. The predicted molar refractivity (Wildman–Crippen MR) is 88.3 cm³/mol. The molecule has 1 fully saturated rings. The van der Waals surface area contributed by atoms with Crippen LogP contribution in [0, 0.1) is 5.92 Å². The van der Waals surface area contributed by atoms with E-state index in [0.717, 1.165) is 43.1 Å². The van der Waals surface area contributed by atoms with Crippen LogP contribution in [-0.2, 0) is 13.0 Å². The molecule has 0 radical (unpaired) electrons. The van der Waals surface area contributed by atoms with E-state index in [4.69, 9.17) is 10.7 Å². The Balaban J connectivity index is 1.90. The molecule has 1 aromatic carbocycles. The van der Waals surface area contributed by atoms with Crippen molar-refractivity contribution in [2.24, 2.45) is 11.7 Å². The van der Waals surface area contributed by atoms with Gasteiger partial charge in [-0.1, -0.05) is 31.9 Å². The molecule has 0 saturated heterocycles. The van der Waals surface area contributed by atoms with Crippen LogP contribution in [0.1, 0.15) is 51.8 Å². The Labute approximate surface area is 127 Å². The molecule has 1 heterocycles. The molecule has 3 nitrogen and oxygen atoms in total. The average molecular weight is 285 g/mol. The van der Waals surface area contributed by atoms with Crippen molar-refractivity contribution in [3.63, 3.8) is 0 Å². The Morgan fingerprint density at radius 1 is 1.29 bits per heavy atom. The number of imidazole rings is 1. The van der Waals surface area contributed by atoms with Crippen LogP contribution in [0.4, 0.5) is 0 Å². The van der Waals surface area contributed by atoms with Gasteiger partial charge in [0, 0.05) is 18.5 Å². The first-order valence-electron chi connectivity index (χ1n) is 8.34. The van der Waals surface area contributed by atoms with Gasteiger partial charge in [0.1, 0.15) is 5.82 Å². The van der Waals surface area contributed by atoms with Crippen LogP contribution < -0.4 is 5.73 Å². The van der Waals surface area contributed by atoms with Gasteiger partial charge in [-0.25, -0.2) is 4.98 Å². The quantitative estimate of drug-likeness (QED) is 0.869. The van der Waals surface area contributed by atoms with Crippen molar-refractivity contribution >= 4 is 11.0 Å². The highest BCUT2D eigenvalue weighted by Gasteiger charge is 2.30. The summed E-state index contributed by atoms with van der Waals surface area (Å²) < 4.78 is 2.33. The standard InChI is InChI=1S/C18H27N3/c1-3-21-16-9-5-4-8-15(16)20-17(21)13-18(19)11-6-7-14(2)10-12-18/h4-5,8-9,14H,3,6-7,10-13,19H2,1-2H3. The first-order valence-corrected chi connectivity index (χ1v) is 8.34. The molecular weight excluding hydrogens is 258 g/mol. The van der Waals surface area contributed by atoms with E-state index in [2.05, 4.69) is 42.7 Å². The van der Waals surface area contributed by atoms with E-state index in [1.807, 2.05) is 0 Å². The molecular formula is C18H27N3. The van der Waals surface area contributed by atoms with Gasteiger partial charge in [-0.15, -0.1) is 0 Å². The number of hydrogen-bond donors (Lipinski definition) is 1. The molecule has 1 aliphatic carbocycles. The zero-order chi connectivity index (χ0) is 14.9. The lowest BCUT2D eigenvalue weighted by Crippen LogP contribution is -2.42. The van der Waals surface area contributed by atoms with Gasteiger partial charge >= 0.3 is 0 Å². The van der Waals surface area contributed by atoms with E-state index < -0.39 is 0 Å². The first kappa shape index (κ1) is 14.6. The van der Waals surface area contributed by atoms with Gasteiger partial charge in [-0.3, -0.25) is 0 Å². The molecule has 2 aromatic rings. The van der Waals surface area contributed by atoms with Crippen LogP contribution in [0.3, 0.4) is 0 Å². The summed E-state index contributed by atoms with van der Waals surface area (Å²) in [6.07, 6.45) is 6.99. The van der Waals surface area contributed by atoms with Crippen LogP contribution in [0.15, 0.2) is 24.3 Å². The van der Waals surface area contributed by atoms with Crippen molar-refractivity contribution in [3.8, 4) is 0 Å². The molecule has 0 aliphatic heterocycles. The lowest BCUT2D eigenvalue weighted by Gasteiger charge is -2.28. The summed E-state index contributed by atoms with van der Waals surface area (Å²) in [6.45, 7) is 5.51. The summed E-state index contributed by atoms with van der Waals surface area (Å²) in [5.74, 6) is 1.98. The summed E-state index contributed by atoms with van der Waals surface area (Å²) in [5.41, 5.74) is 9.01. The number of aryl methyl sites for hydroxylation is 1. The molecule has 1 aliphatic rings. The number of para-hydroxylation sites is 2. The van der Waals surface area contributed by atoms with Gasteiger partial charge in [0.05, 0.1) is 11.0 Å². The van der Waals surface area contributed by atoms with E-state index in [1.165, 1.54) is 24.8 Å². The Kier molecular flexibility index (Phi) is 4.03. The topological polar surface area (TPSA) is 43.8 Å². The molecule has 0 spiro atoms. The van der Waals surface area contributed by atoms with Crippen molar-refractivity contribution in [1.82, 2.24) is 9.55 Å². The summed E-state index contributed by atoms with van der Waals surface area (Å²) in [4.78, 5) is 4.86. The van der Waals surface area contributed by atoms with Crippen molar-refractivity contribution in [2.45, 2.75) is 64.5 Å². The molecule has 3 heteroatoms. The Morgan fingerprint density at radius 3 is 2.90 bits per heavy atom. The minimum atomic E-state index is -0.0704. The van der Waals surface area contributed by atoms with Crippen molar-refractivity contribution in [3.05, 3.63) is 30.1 Å². The Morgan fingerprint density at radius 2 is 2.10 bits per heavy atom. The third-order valence-corrected chi connectivity index (χ3v) is 5.07. The fourth-order valence-electron chi connectivity index (χ4n) is 3.71. The molecule has 1 aromatic heterocycles. The lowest BCUT2D eigenvalue weighted by atomic mass is 9.87. The molecule has 2 unspecified atom stereocenters. The zero-order valence-corrected chi connectivity index (χ0v) is 13.3. The van der Waals surface area contributed by atoms with E-state index in [1.54, 1.807) is 0 Å². The second kappa shape index (κ2) is 5.80. The smallest absolute Gasteiger partial charge is 0.111 e.